The Bertz CT molecular complexity index is 949. The number of rotatable bonds is 1. The first-order valence-corrected chi connectivity index (χ1v) is 8.69. The maximum Gasteiger partial charge on any atom is 0.265 e. The third kappa shape index (κ3) is 2.06. The highest BCUT2D eigenvalue weighted by Gasteiger charge is 2.56. The van der Waals surface area contributed by atoms with Crippen molar-refractivity contribution in [2.24, 2.45) is 0 Å². The van der Waals surface area contributed by atoms with Crippen LogP contribution in [-0.4, -0.2) is 11.7 Å². The second-order valence-electron chi connectivity index (χ2n) is 6.85. The van der Waals surface area contributed by atoms with E-state index in [1.807, 2.05) is 26.0 Å². The van der Waals surface area contributed by atoms with Gasteiger partial charge < -0.3 is 0 Å². The Labute approximate surface area is 155 Å². The van der Waals surface area contributed by atoms with E-state index in [0.717, 1.165) is 11.3 Å². The molecule has 3 nitrogen and oxygen atoms in total. The fraction of sp³-hybridized carbons (Fsp3) is 0.200. The third-order valence-electron chi connectivity index (χ3n) is 5.03. The number of hydrogen-bond acceptors (Lipinski definition) is 2. The molecule has 25 heavy (non-hydrogen) atoms. The molecule has 2 aliphatic heterocycles. The maximum absolute atomic E-state index is 13.4. The van der Waals surface area contributed by atoms with E-state index in [0.29, 0.717) is 16.3 Å². The van der Waals surface area contributed by atoms with Gasteiger partial charge in [0, 0.05) is 22.2 Å². The van der Waals surface area contributed by atoms with Gasteiger partial charge in [-0.25, -0.2) is 0 Å². The van der Waals surface area contributed by atoms with Gasteiger partial charge in [-0.2, -0.15) is 0 Å². The van der Waals surface area contributed by atoms with Crippen molar-refractivity contribution >= 4 is 40.6 Å². The average Bonchev–Trinajstić information content (AvgIpc) is 2.81. The van der Waals surface area contributed by atoms with Crippen LogP contribution >= 0.6 is 23.2 Å². The monoisotopic (exact) mass is 371 g/mol. The van der Waals surface area contributed by atoms with Crippen LogP contribution < -0.4 is 4.90 Å². The van der Waals surface area contributed by atoms with Crippen molar-refractivity contribution in [3.63, 3.8) is 0 Å². The van der Waals surface area contributed by atoms with E-state index < -0.39 is 22.0 Å². The molecule has 0 N–H and O–H groups in total. The lowest BCUT2D eigenvalue weighted by molar-refractivity contribution is -0.129. The molecule has 2 heterocycles. The molecule has 2 aliphatic rings. The second-order valence-corrected chi connectivity index (χ2v) is 7.85. The highest BCUT2D eigenvalue weighted by atomic mass is 35.5. The number of carbonyl (C=O) groups excluding carboxylic acids is 2. The SMILES string of the molecule is CC1(C)C2=CC(=O)C(Cl)(c3ccccc3)C(=O)N2c2ccc(Cl)cc21. The van der Waals surface area contributed by atoms with E-state index in [9.17, 15) is 9.59 Å². The van der Waals surface area contributed by atoms with Crippen LogP contribution in [0, 0.1) is 0 Å². The molecule has 0 spiro atoms. The molecule has 2 aromatic rings. The minimum atomic E-state index is -1.75. The third-order valence-corrected chi connectivity index (χ3v) is 5.83. The first kappa shape index (κ1) is 16.4. The van der Waals surface area contributed by atoms with E-state index in [1.165, 1.54) is 6.08 Å². The highest BCUT2D eigenvalue weighted by Crippen LogP contribution is 2.53. The number of allylic oxidation sites excluding steroid dienone is 2. The van der Waals surface area contributed by atoms with E-state index in [2.05, 4.69) is 0 Å². The standard InChI is InChI=1S/C20H15Cl2NO2/c1-19(2)14-10-13(21)8-9-15(14)23-16(19)11-17(24)20(22,18(23)25)12-6-4-3-5-7-12/h3-11H,1-2H3. The van der Waals surface area contributed by atoms with Crippen LogP contribution in [-0.2, 0) is 19.9 Å². The molecule has 0 saturated carbocycles. The van der Waals surface area contributed by atoms with Crippen LogP contribution in [0.3, 0.4) is 0 Å². The van der Waals surface area contributed by atoms with Gasteiger partial charge in [-0.15, -0.1) is 0 Å². The first-order valence-electron chi connectivity index (χ1n) is 7.93. The number of nitrogens with zero attached hydrogens (tertiary/aromatic N) is 1. The molecule has 0 fully saturated rings. The van der Waals surface area contributed by atoms with Crippen LogP contribution in [0.15, 0.2) is 60.3 Å². The van der Waals surface area contributed by atoms with Crippen molar-refractivity contribution in [2.45, 2.75) is 24.1 Å². The maximum atomic E-state index is 13.4. The van der Waals surface area contributed by atoms with Gasteiger partial charge in [-0.3, -0.25) is 14.5 Å². The fourth-order valence-electron chi connectivity index (χ4n) is 3.63. The van der Waals surface area contributed by atoms with Gasteiger partial charge >= 0.3 is 0 Å². The molecule has 1 atom stereocenters. The fourth-order valence-corrected chi connectivity index (χ4v) is 4.07. The number of hydrogen-bond donors (Lipinski definition) is 0. The van der Waals surface area contributed by atoms with Crippen molar-refractivity contribution in [1.82, 2.24) is 0 Å². The predicted molar refractivity (Wildman–Crippen MR) is 99.0 cm³/mol. The molecule has 4 rings (SSSR count). The van der Waals surface area contributed by atoms with E-state index in [-0.39, 0.29) is 0 Å². The summed E-state index contributed by atoms with van der Waals surface area (Å²) in [5, 5.41) is 0.589. The predicted octanol–water partition coefficient (Wildman–Crippen LogP) is 4.57. The molecule has 0 saturated heterocycles. The Morgan fingerprint density at radius 3 is 2.36 bits per heavy atom. The minimum absolute atomic E-state index is 0.413. The average molecular weight is 372 g/mol. The van der Waals surface area contributed by atoms with Gasteiger partial charge in [-0.1, -0.05) is 67.4 Å². The zero-order chi connectivity index (χ0) is 18.0. The van der Waals surface area contributed by atoms with Gasteiger partial charge in [-0.05, 0) is 29.3 Å². The summed E-state index contributed by atoms with van der Waals surface area (Å²) in [7, 11) is 0. The molecule has 0 aromatic heterocycles. The number of alkyl halides is 1. The lowest BCUT2D eigenvalue weighted by Gasteiger charge is -2.36. The molecule has 5 heteroatoms. The zero-order valence-corrected chi connectivity index (χ0v) is 15.2. The minimum Gasteiger partial charge on any atom is -0.292 e. The van der Waals surface area contributed by atoms with Crippen molar-refractivity contribution in [1.29, 1.82) is 0 Å². The van der Waals surface area contributed by atoms with Gasteiger partial charge in [0.05, 0.1) is 5.69 Å². The zero-order valence-electron chi connectivity index (χ0n) is 13.7. The van der Waals surface area contributed by atoms with Crippen molar-refractivity contribution in [3.8, 4) is 0 Å². The largest absolute Gasteiger partial charge is 0.292 e. The highest BCUT2D eigenvalue weighted by molar-refractivity contribution is 6.50. The summed E-state index contributed by atoms with van der Waals surface area (Å²) in [6, 6.07) is 14.1. The van der Waals surface area contributed by atoms with Crippen LogP contribution in [0.5, 0.6) is 0 Å². The Hall–Kier alpha value is -2.10. The van der Waals surface area contributed by atoms with Crippen molar-refractivity contribution in [2.75, 3.05) is 4.90 Å². The number of halogens is 2. The van der Waals surface area contributed by atoms with Gasteiger partial charge in [0.25, 0.3) is 5.91 Å². The molecule has 0 bridgehead atoms. The number of anilines is 1. The molecule has 126 valence electrons. The summed E-state index contributed by atoms with van der Waals surface area (Å²) in [5.74, 6) is -0.861. The quantitative estimate of drug-likeness (QED) is 0.544. The summed E-state index contributed by atoms with van der Waals surface area (Å²) in [6.45, 7) is 3.94. The van der Waals surface area contributed by atoms with Crippen molar-refractivity contribution < 1.29 is 9.59 Å². The van der Waals surface area contributed by atoms with Gasteiger partial charge in [0.15, 0.2) is 5.78 Å². The lowest BCUT2D eigenvalue weighted by atomic mass is 9.80. The Morgan fingerprint density at radius 2 is 1.68 bits per heavy atom. The van der Waals surface area contributed by atoms with Gasteiger partial charge in [0.2, 0.25) is 4.87 Å². The molecule has 1 unspecified atom stereocenters. The summed E-state index contributed by atoms with van der Waals surface area (Å²) >= 11 is 12.8. The van der Waals surface area contributed by atoms with E-state index in [1.54, 1.807) is 41.3 Å². The Kier molecular flexibility index (Phi) is 3.40. The molecule has 2 aromatic carbocycles. The summed E-state index contributed by atoms with van der Waals surface area (Å²) < 4.78 is 0. The molecule has 0 aliphatic carbocycles. The topological polar surface area (TPSA) is 37.4 Å². The van der Waals surface area contributed by atoms with Crippen LogP contribution in [0.1, 0.15) is 25.0 Å². The first-order chi connectivity index (χ1) is 11.8. The molecular formula is C20H15Cl2NO2. The normalized spacial score (nSPS) is 24.0. The second kappa shape index (κ2) is 5.20. The molecule has 0 radical (unpaired) electrons. The van der Waals surface area contributed by atoms with Crippen LogP contribution in [0.25, 0.3) is 0 Å². The van der Waals surface area contributed by atoms with E-state index in [4.69, 9.17) is 23.2 Å². The number of carbonyl (C=O) groups is 2. The Morgan fingerprint density at radius 1 is 1.00 bits per heavy atom. The van der Waals surface area contributed by atoms with E-state index >= 15 is 0 Å². The molecular weight excluding hydrogens is 357 g/mol. The van der Waals surface area contributed by atoms with Crippen molar-refractivity contribution in [3.05, 3.63) is 76.5 Å². The lowest BCUT2D eigenvalue weighted by Crippen LogP contribution is -2.51. The molecule has 1 amide bonds. The smallest absolute Gasteiger partial charge is 0.265 e. The summed E-state index contributed by atoms with van der Waals surface area (Å²) in [5.41, 5.74) is 2.22. The summed E-state index contributed by atoms with van der Waals surface area (Å²) in [6.07, 6.45) is 1.50. The van der Waals surface area contributed by atoms with Crippen LogP contribution in [0.4, 0.5) is 5.69 Å². The number of benzene rings is 2. The van der Waals surface area contributed by atoms with Crippen LogP contribution in [0.2, 0.25) is 5.02 Å². The number of ketones is 1. The van der Waals surface area contributed by atoms with Gasteiger partial charge in [0.1, 0.15) is 0 Å². The number of fused-ring (bicyclic) bond motifs is 3. The Balaban J connectivity index is 1.97. The number of amides is 1. The summed E-state index contributed by atoms with van der Waals surface area (Å²) in [4.78, 5) is 26.1.